The number of carbonyl (C=O) groups excluding carboxylic acids is 1. The minimum Gasteiger partial charge on any atom is -0.393 e. The molecular weight excluding hydrogens is 272 g/mol. The Balaban J connectivity index is 1.85. The lowest BCUT2D eigenvalue weighted by Crippen LogP contribution is -2.54. The molecule has 2 heterocycles. The summed E-state index contributed by atoms with van der Waals surface area (Å²) in [7, 11) is 0. The third kappa shape index (κ3) is 2.51. The van der Waals surface area contributed by atoms with Gasteiger partial charge in [-0.2, -0.15) is 0 Å². The molecule has 0 saturated carbocycles. The van der Waals surface area contributed by atoms with Gasteiger partial charge in [0.2, 0.25) is 5.91 Å². The average Bonchev–Trinajstić information content (AvgIpc) is 2.46. The summed E-state index contributed by atoms with van der Waals surface area (Å²) in [5.41, 5.74) is 6.51. The number of nitro benzene ring substituents is 1. The number of nitrogens with two attached hydrogens (primary N) is 1. The Bertz CT molecular complexity index is 590. The van der Waals surface area contributed by atoms with Crippen LogP contribution in [0.1, 0.15) is 19.3 Å². The first kappa shape index (κ1) is 13.7. The number of carbonyl (C=O) groups is 1. The lowest BCUT2D eigenvalue weighted by atomic mass is 9.85. The minimum absolute atomic E-state index is 0.0178. The molecule has 2 aliphatic rings. The van der Waals surface area contributed by atoms with Crippen LogP contribution in [-0.2, 0) is 4.79 Å². The van der Waals surface area contributed by atoms with Crippen LogP contribution >= 0.6 is 0 Å². The molecule has 0 spiro atoms. The summed E-state index contributed by atoms with van der Waals surface area (Å²) in [5.74, 6) is 0.456. The minimum atomic E-state index is -0.417. The van der Waals surface area contributed by atoms with E-state index in [1.54, 1.807) is 18.2 Å². The van der Waals surface area contributed by atoms with E-state index in [0.29, 0.717) is 24.6 Å². The maximum absolute atomic E-state index is 11.4. The van der Waals surface area contributed by atoms with E-state index in [1.165, 1.54) is 0 Å². The number of nitrogens with zero attached hydrogens (tertiary/aromatic N) is 2. The topological polar surface area (TPSA) is 102 Å². The Morgan fingerprint density at radius 1 is 1.38 bits per heavy atom. The molecule has 0 radical (unpaired) electrons. The van der Waals surface area contributed by atoms with Crippen molar-refractivity contribution in [3.05, 3.63) is 28.3 Å². The molecule has 2 fully saturated rings. The molecule has 7 nitrogen and oxygen atoms in total. The number of nitro groups is 1. The van der Waals surface area contributed by atoms with Gasteiger partial charge in [-0.1, -0.05) is 6.07 Å². The van der Waals surface area contributed by atoms with Crippen LogP contribution in [0.15, 0.2) is 18.2 Å². The Kier molecular flexibility index (Phi) is 3.40. The van der Waals surface area contributed by atoms with Crippen molar-refractivity contribution in [2.75, 3.05) is 23.7 Å². The molecule has 1 amide bonds. The predicted molar refractivity (Wildman–Crippen MR) is 79.0 cm³/mol. The van der Waals surface area contributed by atoms with Crippen LogP contribution in [-0.4, -0.2) is 30.0 Å². The zero-order valence-electron chi connectivity index (χ0n) is 11.6. The van der Waals surface area contributed by atoms with Crippen LogP contribution in [0.3, 0.4) is 0 Å². The van der Waals surface area contributed by atoms with Gasteiger partial charge in [0, 0.05) is 25.6 Å². The first-order valence-electron chi connectivity index (χ1n) is 7.13. The van der Waals surface area contributed by atoms with E-state index >= 15 is 0 Å². The van der Waals surface area contributed by atoms with Crippen LogP contribution < -0.4 is 16.0 Å². The molecule has 21 heavy (non-hydrogen) atoms. The zero-order chi connectivity index (χ0) is 15.0. The van der Waals surface area contributed by atoms with E-state index in [4.69, 9.17) is 5.73 Å². The van der Waals surface area contributed by atoms with E-state index in [1.807, 2.05) is 4.90 Å². The Morgan fingerprint density at radius 3 is 2.95 bits per heavy atom. The van der Waals surface area contributed by atoms with E-state index in [0.717, 1.165) is 19.4 Å². The Hall–Kier alpha value is -2.31. The number of benzene rings is 1. The molecule has 3 rings (SSSR count). The van der Waals surface area contributed by atoms with Gasteiger partial charge >= 0.3 is 5.69 Å². The first-order valence-corrected chi connectivity index (χ1v) is 7.13. The summed E-state index contributed by atoms with van der Waals surface area (Å²) >= 11 is 0. The van der Waals surface area contributed by atoms with Crippen LogP contribution in [0.5, 0.6) is 0 Å². The highest BCUT2D eigenvalue weighted by Gasteiger charge is 2.35. The van der Waals surface area contributed by atoms with Crippen molar-refractivity contribution in [1.29, 1.82) is 0 Å². The van der Waals surface area contributed by atoms with Gasteiger partial charge < -0.3 is 16.0 Å². The smallest absolute Gasteiger partial charge is 0.315 e. The standard InChI is InChI=1S/C14H18N4O3/c15-10-2-1-3-12(14(10)18(20)21)17-7-6-11-9(8-17)4-5-13(19)16-11/h1-3,9,11H,4-8,15H2,(H,16,19). The number of para-hydroxylation sites is 1. The van der Waals surface area contributed by atoms with Crippen molar-refractivity contribution >= 4 is 23.0 Å². The number of hydrogen-bond donors (Lipinski definition) is 2. The summed E-state index contributed by atoms with van der Waals surface area (Å²) in [6.45, 7) is 1.40. The molecular formula is C14H18N4O3. The SMILES string of the molecule is Nc1cccc(N2CCC3NC(=O)CCC3C2)c1[N+](=O)[O-]. The molecule has 3 N–H and O–H groups in total. The maximum Gasteiger partial charge on any atom is 0.315 e. The van der Waals surface area contributed by atoms with Gasteiger partial charge in [0.05, 0.1) is 4.92 Å². The summed E-state index contributed by atoms with van der Waals surface area (Å²) < 4.78 is 0. The molecule has 2 atom stereocenters. The maximum atomic E-state index is 11.4. The number of nitrogen functional groups attached to an aromatic ring is 1. The third-order valence-corrected chi connectivity index (χ3v) is 4.39. The molecule has 2 unspecified atom stereocenters. The van der Waals surface area contributed by atoms with Crippen molar-refractivity contribution < 1.29 is 9.72 Å². The second-order valence-corrected chi connectivity index (χ2v) is 5.68. The quantitative estimate of drug-likeness (QED) is 0.485. The summed E-state index contributed by atoms with van der Waals surface area (Å²) in [4.78, 5) is 24.3. The van der Waals surface area contributed by atoms with Gasteiger partial charge in [-0.05, 0) is 30.9 Å². The van der Waals surface area contributed by atoms with Crippen molar-refractivity contribution in [3.63, 3.8) is 0 Å². The van der Waals surface area contributed by atoms with Crippen LogP contribution in [0.4, 0.5) is 17.1 Å². The lowest BCUT2D eigenvalue weighted by molar-refractivity contribution is -0.383. The second-order valence-electron chi connectivity index (χ2n) is 5.68. The van der Waals surface area contributed by atoms with Gasteiger partial charge in [-0.3, -0.25) is 14.9 Å². The second kappa shape index (κ2) is 5.23. The number of nitrogens with one attached hydrogen (secondary N) is 1. The predicted octanol–water partition coefficient (Wildman–Crippen LogP) is 1.28. The molecule has 0 aromatic heterocycles. The molecule has 0 bridgehead atoms. The van der Waals surface area contributed by atoms with Crippen LogP contribution in [0.25, 0.3) is 0 Å². The highest BCUT2D eigenvalue weighted by atomic mass is 16.6. The number of piperidine rings is 2. The van der Waals surface area contributed by atoms with Gasteiger partial charge in [0.25, 0.3) is 0 Å². The van der Waals surface area contributed by atoms with E-state index in [9.17, 15) is 14.9 Å². The summed E-state index contributed by atoms with van der Waals surface area (Å²) in [6, 6.07) is 5.24. The Morgan fingerprint density at radius 2 is 2.19 bits per heavy atom. The fraction of sp³-hybridized carbons (Fsp3) is 0.500. The van der Waals surface area contributed by atoms with Crippen molar-refractivity contribution in [1.82, 2.24) is 5.32 Å². The zero-order valence-corrected chi connectivity index (χ0v) is 11.6. The largest absolute Gasteiger partial charge is 0.393 e. The molecule has 1 aromatic carbocycles. The number of anilines is 2. The summed E-state index contributed by atoms with van der Waals surface area (Å²) in [6.07, 6.45) is 2.18. The first-order chi connectivity index (χ1) is 10.1. The fourth-order valence-electron chi connectivity index (χ4n) is 3.33. The number of amides is 1. The van der Waals surface area contributed by atoms with Crippen molar-refractivity contribution in [3.8, 4) is 0 Å². The molecule has 2 aliphatic heterocycles. The van der Waals surface area contributed by atoms with Gasteiger partial charge in [0.15, 0.2) is 0 Å². The molecule has 1 aromatic rings. The van der Waals surface area contributed by atoms with Crippen LogP contribution in [0.2, 0.25) is 0 Å². The lowest BCUT2D eigenvalue weighted by Gasteiger charge is -2.42. The molecule has 0 aliphatic carbocycles. The monoisotopic (exact) mass is 290 g/mol. The molecule has 7 heteroatoms. The van der Waals surface area contributed by atoms with Gasteiger partial charge in [0.1, 0.15) is 11.4 Å². The normalized spacial score (nSPS) is 25.1. The number of rotatable bonds is 2. The number of fused-ring (bicyclic) bond motifs is 1. The third-order valence-electron chi connectivity index (χ3n) is 4.39. The molecule has 112 valence electrons. The average molecular weight is 290 g/mol. The fourth-order valence-corrected chi connectivity index (χ4v) is 3.33. The van der Waals surface area contributed by atoms with E-state index < -0.39 is 4.92 Å². The van der Waals surface area contributed by atoms with E-state index in [2.05, 4.69) is 5.32 Å². The van der Waals surface area contributed by atoms with Gasteiger partial charge in [-0.15, -0.1) is 0 Å². The highest BCUT2D eigenvalue weighted by molar-refractivity contribution is 5.78. The highest BCUT2D eigenvalue weighted by Crippen LogP contribution is 2.37. The molecule has 2 saturated heterocycles. The summed E-state index contributed by atoms with van der Waals surface area (Å²) in [5, 5.41) is 14.3. The van der Waals surface area contributed by atoms with Crippen molar-refractivity contribution in [2.24, 2.45) is 5.92 Å². The van der Waals surface area contributed by atoms with Crippen molar-refractivity contribution in [2.45, 2.75) is 25.3 Å². The van der Waals surface area contributed by atoms with Crippen LogP contribution in [0, 0.1) is 16.0 Å². The van der Waals surface area contributed by atoms with E-state index in [-0.39, 0.29) is 23.3 Å². The number of hydrogen-bond acceptors (Lipinski definition) is 5. The Labute approximate surface area is 122 Å². The van der Waals surface area contributed by atoms with Gasteiger partial charge in [-0.25, -0.2) is 0 Å².